The first-order valence-corrected chi connectivity index (χ1v) is 6.78. The van der Waals surface area contributed by atoms with Crippen LogP contribution in [0.4, 0.5) is 0 Å². The molecule has 1 aromatic rings. The number of rotatable bonds is 6. The van der Waals surface area contributed by atoms with Crippen LogP contribution in [0.25, 0.3) is 0 Å². The largest absolute Gasteiger partial charge is 0.481 e. The van der Waals surface area contributed by atoms with Crippen LogP contribution in [-0.2, 0) is 17.6 Å². The Labute approximate surface area is 112 Å². The van der Waals surface area contributed by atoms with Crippen molar-refractivity contribution in [1.82, 2.24) is 5.32 Å². The summed E-state index contributed by atoms with van der Waals surface area (Å²) in [4.78, 5) is 22.3. The summed E-state index contributed by atoms with van der Waals surface area (Å²) in [6, 6.07) is 5.90. The Hall–Kier alpha value is -1.84. The van der Waals surface area contributed by atoms with E-state index in [2.05, 4.69) is 5.32 Å². The number of aliphatic carboxylic acids is 1. The lowest BCUT2D eigenvalue weighted by Crippen LogP contribution is -2.24. The van der Waals surface area contributed by atoms with Crippen LogP contribution in [0.1, 0.15) is 47.2 Å². The summed E-state index contributed by atoms with van der Waals surface area (Å²) in [7, 11) is 0. The maximum absolute atomic E-state index is 11.9. The number of aryl methyl sites for hydroxylation is 2. The second-order valence-corrected chi connectivity index (χ2v) is 4.94. The van der Waals surface area contributed by atoms with E-state index in [4.69, 9.17) is 5.11 Å². The number of benzene rings is 1. The van der Waals surface area contributed by atoms with Crippen LogP contribution in [0.5, 0.6) is 0 Å². The molecular weight excluding hydrogens is 242 g/mol. The van der Waals surface area contributed by atoms with Gasteiger partial charge in [-0.25, -0.2) is 0 Å². The molecule has 1 aliphatic carbocycles. The Bertz CT molecular complexity index is 482. The maximum Gasteiger partial charge on any atom is 0.303 e. The zero-order valence-corrected chi connectivity index (χ0v) is 10.9. The molecule has 0 radical (unpaired) electrons. The van der Waals surface area contributed by atoms with E-state index in [1.54, 1.807) is 0 Å². The molecule has 19 heavy (non-hydrogen) atoms. The van der Waals surface area contributed by atoms with E-state index >= 15 is 0 Å². The molecule has 2 rings (SSSR count). The molecule has 0 aromatic heterocycles. The minimum Gasteiger partial charge on any atom is -0.481 e. The van der Waals surface area contributed by atoms with Crippen LogP contribution in [-0.4, -0.2) is 23.5 Å². The molecule has 4 nitrogen and oxygen atoms in total. The third kappa shape index (κ3) is 3.81. The minimum atomic E-state index is -0.787. The quantitative estimate of drug-likeness (QED) is 0.771. The van der Waals surface area contributed by atoms with Crippen LogP contribution < -0.4 is 5.32 Å². The van der Waals surface area contributed by atoms with Gasteiger partial charge in [-0.3, -0.25) is 9.59 Å². The van der Waals surface area contributed by atoms with E-state index in [0.29, 0.717) is 24.9 Å². The van der Waals surface area contributed by atoms with E-state index < -0.39 is 5.97 Å². The normalized spacial score (nSPS) is 13.1. The molecule has 1 aliphatic rings. The van der Waals surface area contributed by atoms with Crippen molar-refractivity contribution in [2.24, 2.45) is 0 Å². The van der Waals surface area contributed by atoms with Gasteiger partial charge in [0, 0.05) is 18.5 Å². The van der Waals surface area contributed by atoms with Crippen molar-refractivity contribution in [3.63, 3.8) is 0 Å². The molecule has 0 saturated carbocycles. The molecule has 2 N–H and O–H groups in total. The van der Waals surface area contributed by atoms with Crippen molar-refractivity contribution in [2.75, 3.05) is 6.54 Å². The van der Waals surface area contributed by atoms with E-state index in [0.717, 1.165) is 12.8 Å². The van der Waals surface area contributed by atoms with E-state index in [1.165, 1.54) is 17.5 Å². The molecule has 0 fully saturated rings. The van der Waals surface area contributed by atoms with Gasteiger partial charge < -0.3 is 10.4 Å². The second-order valence-electron chi connectivity index (χ2n) is 4.94. The van der Waals surface area contributed by atoms with Gasteiger partial charge in [-0.05, 0) is 55.4 Å². The van der Waals surface area contributed by atoms with Gasteiger partial charge in [0.25, 0.3) is 5.91 Å². The number of carboxylic acid groups (broad SMARTS) is 1. The summed E-state index contributed by atoms with van der Waals surface area (Å²) >= 11 is 0. The topological polar surface area (TPSA) is 66.4 Å². The van der Waals surface area contributed by atoms with Crippen molar-refractivity contribution >= 4 is 11.9 Å². The van der Waals surface area contributed by atoms with E-state index in [-0.39, 0.29) is 12.3 Å². The highest BCUT2D eigenvalue weighted by molar-refractivity contribution is 5.94. The summed E-state index contributed by atoms with van der Waals surface area (Å²) in [6.45, 7) is 0.531. The number of carbonyl (C=O) groups is 2. The SMILES string of the molecule is O=C(O)CCCCNC(=O)c1ccc2c(c1)CCC2. The van der Waals surface area contributed by atoms with Gasteiger partial charge in [0.1, 0.15) is 0 Å². The number of hydrogen-bond donors (Lipinski definition) is 2. The fraction of sp³-hybridized carbons (Fsp3) is 0.467. The molecule has 0 unspecified atom stereocenters. The Balaban J connectivity index is 1.78. The third-order valence-electron chi connectivity index (χ3n) is 3.46. The Morgan fingerprint density at radius 2 is 1.95 bits per heavy atom. The highest BCUT2D eigenvalue weighted by atomic mass is 16.4. The number of nitrogens with one attached hydrogen (secondary N) is 1. The highest BCUT2D eigenvalue weighted by Crippen LogP contribution is 2.22. The van der Waals surface area contributed by atoms with Gasteiger partial charge in [0.15, 0.2) is 0 Å². The second kappa shape index (κ2) is 6.36. The molecule has 1 amide bonds. The first kappa shape index (κ1) is 13.6. The molecular formula is C15H19NO3. The van der Waals surface area contributed by atoms with E-state index in [9.17, 15) is 9.59 Å². The van der Waals surface area contributed by atoms with Crippen LogP contribution in [0.3, 0.4) is 0 Å². The summed E-state index contributed by atoms with van der Waals surface area (Å²) in [6.07, 6.45) is 4.81. The van der Waals surface area contributed by atoms with Gasteiger partial charge in [-0.15, -0.1) is 0 Å². The number of carbonyl (C=O) groups excluding carboxylic acids is 1. The van der Waals surface area contributed by atoms with Gasteiger partial charge in [0.2, 0.25) is 0 Å². The summed E-state index contributed by atoms with van der Waals surface area (Å²) in [5, 5.41) is 11.3. The monoisotopic (exact) mass is 261 g/mol. The molecule has 0 spiro atoms. The first-order valence-electron chi connectivity index (χ1n) is 6.78. The van der Waals surface area contributed by atoms with Crippen molar-refractivity contribution in [3.8, 4) is 0 Å². The number of amides is 1. The number of hydrogen-bond acceptors (Lipinski definition) is 2. The van der Waals surface area contributed by atoms with Crippen molar-refractivity contribution in [1.29, 1.82) is 0 Å². The molecule has 0 bridgehead atoms. The van der Waals surface area contributed by atoms with Crippen molar-refractivity contribution in [3.05, 3.63) is 34.9 Å². The molecule has 0 saturated heterocycles. The van der Waals surface area contributed by atoms with Crippen LogP contribution in [0.15, 0.2) is 18.2 Å². The van der Waals surface area contributed by atoms with Gasteiger partial charge in [-0.1, -0.05) is 6.07 Å². The Kier molecular flexibility index (Phi) is 4.55. The lowest BCUT2D eigenvalue weighted by Gasteiger charge is -2.06. The van der Waals surface area contributed by atoms with E-state index in [1.807, 2.05) is 18.2 Å². The van der Waals surface area contributed by atoms with Gasteiger partial charge >= 0.3 is 5.97 Å². The fourth-order valence-corrected chi connectivity index (χ4v) is 2.42. The van der Waals surface area contributed by atoms with Gasteiger partial charge in [-0.2, -0.15) is 0 Å². The zero-order chi connectivity index (χ0) is 13.7. The smallest absolute Gasteiger partial charge is 0.303 e. The third-order valence-corrected chi connectivity index (χ3v) is 3.46. The molecule has 0 atom stereocenters. The molecule has 102 valence electrons. The highest BCUT2D eigenvalue weighted by Gasteiger charge is 2.13. The van der Waals surface area contributed by atoms with Crippen molar-refractivity contribution < 1.29 is 14.7 Å². The summed E-state index contributed by atoms with van der Waals surface area (Å²) in [5.41, 5.74) is 3.36. The summed E-state index contributed by atoms with van der Waals surface area (Å²) < 4.78 is 0. The fourth-order valence-electron chi connectivity index (χ4n) is 2.42. The van der Waals surface area contributed by atoms with Crippen LogP contribution in [0.2, 0.25) is 0 Å². The number of fused-ring (bicyclic) bond motifs is 1. The van der Waals surface area contributed by atoms with Gasteiger partial charge in [0.05, 0.1) is 0 Å². The predicted molar refractivity (Wildman–Crippen MR) is 72.3 cm³/mol. The van der Waals surface area contributed by atoms with Crippen molar-refractivity contribution in [2.45, 2.75) is 38.5 Å². The number of carboxylic acids is 1. The molecule has 4 heteroatoms. The molecule has 0 aliphatic heterocycles. The Morgan fingerprint density at radius 1 is 1.16 bits per heavy atom. The zero-order valence-electron chi connectivity index (χ0n) is 10.9. The lowest BCUT2D eigenvalue weighted by molar-refractivity contribution is -0.137. The molecule has 1 aromatic carbocycles. The minimum absolute atomic E-state index is 0.0648. The number of unbranched alkanes of at least 4 members (excludes halogenated alkanes) is 1. The maximum atomic E-state index is 11.9. The molecule has 0 heterocycles. The lowest BCUT2D eigenvalue weighted by atomic mass is 10.1. The Morgan fingerprint density at radius 3 is 2.74 bits per heavy atom. The summed E-state index contributed by atoms with van der Waals surface area (Å²) in [5.74, 6) is -0.852. The average Bonchev–Trinajstić information content (AvgIpc) is 2.84. The van der Waals surface area contributed by atoms with Crippen LogP contribution in [0, 0.1) is 0 Å². The first-order chi connectivity index (χ1) is 9.16. The predicted octanol–water partition coefficient (Wildman–Crippen LogP) is 2.16. The van der Waals surface area contributed by atoms with Crippen LogP contribution >= 0.6 is 0 Å². The average molecular weight is 261 g/mol. The standard InChI is InChI=1S/C15H19NO3/c17-14(18)6-1-2-9-16-15(19)13-8-7-11-4-3-5-12(11)10-13/h7-8,10H,1-6,9H2,(H,16,19)(H,17,18).